The fourth-order valence-corrected chi connectivity index (χ4v) is 4.40. The molecule has 0 fully saturated rings. The second-order valence-electron chi connectivity index (χ2n) is 12.0. The summed E-state index contributed by atoms with van der Waals surface area (Å²) < 4.78 is 107. The number of halogens is 7. The highest BCUT2D eigenvalue weighted by Gasteiger charge is 2.61. The van der Waals surface area contributed by atoms with Crippen LogP contribution in [0.5, 0.6) is 0 Å². The number of anilines is 1. The number of hydrogen-bond donors (Lipinski definition) is 0. The first-order chi connectivity index (χ1) is 21.5. The Hall–Kier alpha value is -3.99. The van der Waals surface area contributed by atoms with E-state index in [0.29, 0.717) is 11.6 Å². The minimum Gasteiger partial charge on any atom is -0.443 e. The van der Waals surface area contributed by atoms with Crippen LogP contribution < -0.4 is 4.90 Å². The molecule has 0 aliphatic carbocycles. The molecule has 1 aromatic carbocycles. The van der Waals surface area contributed by atoms with Crippen molar-refractivity contribution in [2.75, 3.05) is 4.90 Å². The molecule has 0 saturated heterocycles. The molecule has 0 N–H and O–H groups in total. The highest BCUT2D eigenvalue weighted by atomic mass is 79.9. The summed E-state index contributed by atoms with van der Waals surface area (Å²) in [6.07, 6.45) is -13.3. The van der Waals surface area contributed by atoms with Gasteiger partial charge in [-0.1, -0.05) is 36.4 Å². The van der Waals surface area contributed by atoms with E-state index in [4.69, 9.17) is 18.6 Å². The number of alkyl halides is 6. The third kappa shape index (κ3) is 9.09. The van der Waals surface area contributed by atoms with Crippen LogP contribution in [0.3, 0.4) is 0 Å². The molecule has 2 amide bonds. The van der Waals surface area contributed by atoms with Crippen LogP contribution in [0.4, 0.5) is 41.6 Å². The third-order valence-electron chi connectivity index (χ3n) is 5.85. The van der Waals surface area contributed by atoms with E-state index in [0.717, 1.165) is 6.08 Å². The maximum atomic E-state index is 14.8. The van der Waals surface area contributed by atoms with E-state index in [2.05, 4.69) is 37.7 Å². The van der Waals surface area contributed by atoms with Gasteiger partial charge in [-0.05, 0) is 69.1 Å². The van der Waals surface area contributed by atoms with Gasteiger partial charge in [-0.15, -0.1) is 16.8 Å². The van der Waals surface area contributed by atoms with Crippen molar-refractivity contribution in [2.45, 2.75) is 83.7 Å². The summed E-state index contributed by atoms with van der Waals surface area (Å²) >= 11 is 2.70. The van der Waals surface area contributed by atoms with Crippen LogP contribution in [-0.4, -0.2) is 44.7 Å². The van der Waals surface area contributed by atoms with Gasteiger partial charge >= 0.3 is 24.5 Å². The van der Waals surface area contributed by atoms with Gasteiger partial charge in [-0.2, -0.15) is 31.2 Å². The summed E-state index contributed by atoms with van der Waals surface area (Å²) in [5, 5.41) is 7.15. The fraction of sp³-hybridized carbons (Fsp3) is 0.433. The molecular weight excluding hydrogens is 706 g/mol. The Bertz CT molecular complexity index is 1570. The average Bonchev–Trinajstić information content (AvgIpc) is 3.39. The van der Waals surface area contributed by atoms with Crippen molar-refractivity contribution in [3.05, 3.63) is 70.7 Å². The Morgan fingerprint density at radius 2 is 1.49 bits per heavy atom. The average molecular weight is 737 g/mol. The summed E-state index contributed by atoms with van der Waals surface area (Å²) in [6, 6.07) is 8.21. The summed E-state index contributed by atoms with van der Waals surface area (Å²) in [5.41, 5.74) is -8.63. The largest absolute Gasteiger partial charge is 0.443 e. The van der Waals surface area contributed by atoms with E-state index in [1.165, 1.54) is 53.7 Å². The molecular formula is C30H31BrF6N4O6. The van der Waals surface area contributed by atoms with Gasteiger partial charge in [0.2, 0.25) is 5.60 Å². The highest BCUT2D eigenvalue weighted by Crippen LogP contribution is 2.47. The lowest BCUT2D eigenvalue weighted by Gasteiger charge is -2.31. The molecule has 2 aromatic heterocycles. The normalized spacial score (nSPS) is 13.9. The minimum absolute atomic E-state index is 0.108. The first-order valence-corrected chi connectivity index (χ1v) is 14.5. The number of nitrogens with zero attached hydrogens (tertiary/aromatic N) is 4. The zero-order valence-electron chi connectivity index (χ0n) is 26.0. The molecule has 10 nitrogen and oxygen atoms in total. The van der Waals surface area contributed by atoms with Crippen molar-refractivity contribution >= 4 is 33.8 Å². The zero-order chi connectivity index (χ0) is 35.6. The number of carbonyl (C=O) groups is 2. The number of hydrogen-bond acceptors (Lipinski definition) is 9. The number of pyridine rings is 1. The smallest absolute Gasteiger partial charge is 0.426 e. The second kappa shape index (κ2) is 13.6. The van der Waals surface area contributed by atoms with Crippen LogP contribution in [0.1, 0.15) is 65.0 Å². The lowest BCUT2D eigenvalue weighted by molar-refractivity contribution is -0.295. The molecule has 17 heteroatoms. The predicted octanol–water partition coefficient (Wildman–Crippen LogP) is 9.14. The minimum atomic E-state index is -5.18. The van der Waals surface area contributed by atoms with Crippen LogP contribution in [-0.2, 0) is 32.6 Å². The summed E-state index contributed by atoms with van der Waals surface area (Å²) in [6.45, 7) is 11.4. The molecule has 47 heavy (non-hydrogen) atoms. The topological polar surface area (TPSA) is 117 Å². The number of benzene rings is 1. The second-order valence-corrected chi connectivity index (χ2v) is 12.7. The van der Waals surface area contributed by atoms with Crippen molar-refractivity contribution in [3.8, 4) is 11.6 Å². The van der Waals surface area contributed by atoms with Gasteiger partial charge in [0, 0.05) is 6.42 Å². The van der Waals surface area contributed by atoms with Crippen LogP contribution in [0.2, 0.25) is 0 Å². The van der Waals surface area contributed by atoms with Crippen LogP contribution in [0.15, 0.2) is 58.1 Å². The van der Waals surface area contributed by atoms with Crippen LogP contribution >= 0.6 is 15.9 Å². The van der Waals surface area contributed by atoms with Crippen LogP contribution in [0.25, 0.3) is 11.6 Å². The first-order valence-electron chi connectivity index (χ1n) is 13.7. The standard InChI is InChI=1S/C30H31BrF6N4O6/c1-8-14-28(30(35,36)37,44-16-17-12-10-9-11-13-17)23-40-39-22(45-23)20-19(15-18(21(31)38-20)29(32,33)34)41(24(42)46-26(2,3)4)25(43)47-27(5,6)7/h8-13,15H,1,14,16H2,2-7H3/t28-/m1/s1. The van der Waals surface area contributed by atoms with Crippen molar-refractivity contribution in [1.29, 1.82) is 0 Å². The van der Waals surface area contributed by atoms with Crippen molar-refractivity contribution in [1.82, 2.24) is 15.2 Å². The molecule has 0 saturated carbocycles. The van der Waals surface area contributed by atoms with Gasteiger partial charge < -0.3 is 18.6 Å². The zero-order valence-corrected chi connectivity index (χ0v) is 27.6. The van der Waals surface area contributed by atoms with Gasteiger partial charge in [0.05, 0.1) is 17.9 Å². The highest BCUT2D eigenvalue weighted by molar-refractivity contribution is 9.10. The Morgan fingerprint density at radius 3 is 1.96 bits per heavy atom. The molecule has 0 aliphatic rings. The van der Waals surface area contributed by atoms with E-state index >= 15 is 0 Å². The number of carbonyl (C=O) groups excluding carboxylic acids is 2. The lowest BCUT2D eigenvalue weighted by Crippen LogP contribution is -2.45. The Labute approximate surface area is 274 Å². The number of ether oxygens (including phenoxy) is 3. The summed E-state index contributed by atoms with van der Waals surface area (Å²) in [4.78, 5) is 30.6. The van der Waals surface area contributed by atoms with E-state index < -0.39 is 87.7 Å². The Morgan fingerprint density at radius 1 is 0.936 bits per heavy atom. The molecule has 3 aromatic rings. The first kappa shape index (κ1) is 37.5. The molecule has 256 valence electrons. The number of amides is 2. The number of aromatic nitrogens is 3. The summed E-state index contributed by atoms with van der Waals surface area (Å²) in [7, 11) is 0. The maximum Gasteiger partial charge on any atom is 0.426 e. The number of rotatable bonds is 8. The molecule has 0 radical (unpaired) electrons. The molecule has 3 rings (SSSR count). The third-order valence-corrected chi connectivity index (χ3v) is 6.45. The van der Waals surface area contributed by atoms with Gasteiger partial charge in [0.1, 0.15) is 15.8 Å². The molecule has 0 bridgehead atoms. The van der Waals surface area contributed by atoms with E-state index in [1.807, 2.05) is 0 Å². The summed E-state index contributed by atoms with van der Waals surface area (Å²) in [5.74, 6) is -2.05. The molecule has 2 heterocycles. The van der Waals surface area contributed by atoms with Gasteiger partial charge in [0.15, 0.2) is 5.69 Å². The van der Waals surface area contributed by atoms with Crippen molar-refractivity contribution < 1.29 is 54.6 Å². The van der Waals surface area contributed by atoms with Crippen molar-refractivity contribution in [3.63, 3.8) is 0 Å². The van der Waals surface area contributed by atoms with Gasteiger partial charge in [-0.25, -0.2) is 14.6 Å². The molecule has 0 spiro atoms. The fourth-order valence-electron chi connectivity index (χ4n) is 3.89. The van der Waals surface area contributed by atoms with Crippen LogP contribution in [0, 0.1) is 0 Å². The van der Waals surface area contributed by atoms with Crippen molar-refractivity contribution in [2.24, 2.45) is 0 Å². The van der Waals surface area contributed by atoms with Gasteiger partial charge in [0.25, 0.3) is 11.8 Å². The Balaban J connectivity index is 2.31. The quantitative estimate of drug-likeness (QED) is 0.127. The molecule has 0 unspecified atom stereocenters. The molecule has 1 atom stereocenters. The molecule has 0 aliphatic heterocycles. The predicted molar refractivity (Wildman–Crippen MR) is 159 cm³/mol. The van der Waals surface area contributed by atoms with E-state index in [-0.39, 0.29) is 4.90 Å². The monoisotopic (exact) mass is 736 g/mol. The lowest BCUT2D eigenvalue weighted by atomic mass is 9.98. The van der Waals surface area contributed by atoms with E-state index in [1.54, 1.807) is 18.2 Å². The van der Waals surface area contributed by atoms with Gasteiger partial charge in [-0.3, -0.25) is 0 Å². The van der Waals surface area contributed by atoms with E-state index in [9.17, 15) is 35.9 Å². The Kier molecular flexibility index (Phi) is 10.9. The SMILES string of the molecule is C=CC[C@@](OCc1ccccc1)(c1nnc(-c2nc(Br)c(C(F)(F)F)cc2N(C(=O)OC(C)(C)C)C(=O)OC(C)(C)C)o1)C(F)(F)F. The number of imide groups is 1. The maximum absolute atomic E-state index is 14.8.